The van der Waals surface area contributed by atoms with Gasteiger partial charge in [0.2, 0.25) is 5.95 Å². The number of Topliss-reactive ketones (excluding diaryl/α,β-unsaturated/α-hetero) is 1. The second-order valence-electron chi connectivity index (χ2n) is 6.68. The number of aromatic nitrogens is 3. The third-order valence-corrected chi connectivity index (χ3v) is 4.50. The molecule has 4 aromatic rings. The molecule has 0 radical (unpaired) electrons. The first-order valence-electron chi connectivity index (χ1n) is 9.07. The Kier molecular flexibility index (Phi) is 4.95. The Balaban J connectivity index is 1.65. The largest absolute Gasteiger partial charge is 0.494 e. The van der Waals surface area contributed by atoms with Gasteiger partial charge in [-0.05, 0) is 42.8 Å². The summed E-state index contributed by atoms with van der Waals surface area (Å²) in [6.45, 7) is 1.58. The fourth-order valence-electron chi connectivity index (χ4n) is 3.12. The lowest BCUT2D eigenvalue weighted by atomic mass is 10.1. The Morgan fingerprint density at radius 2 is 1.97 bits per heavy atom. The average molecular weight is 390 g/mol. The van der Waals surface area contributed by atoms with Crippen molar-refractivity contribution in [3.63, 3.8) is 0 Å². The van der Waals surface area contributed by atoms with Crippen LogP contribution in [-0.4, -0.2) is 27.4 Å². The summed E-state index contributed by atoms with van der Waals surface area (Å²) in [4.78, 5) is 20.2. The molecule has 0 spiro atoms. The van der Waals surface area contributed by atoms with Crippen LogP contribution in [0.15, 0.2) is 60.9 Å². The van der Waals surface area contributed by atoms with Crippen LogP contribution >= 0.6 is 0 Å². The molecule has 146 valence electrons. The Hall–Kier alpha value is -3.74. The molecule has 0 saturated carbocycles. The number of ether oxygens (including phenoxy) is 1. The van der Waals surface area contributed by atoms with E-state index in [0.717, 1.165) is 22.3 Å². The molecule has 0 aliphatic carbocycles. The average Bonchev–Trinajstić information content (AvgIpc) is 3.13. The zero-order chi connectivity index (χ0) is 20.4. The predicted octanol–water partition coefficient (Wildman–Crippen LogP) is 4.44. The minimum Gasteiger partial charge on any atom is -0.494 e. The van der Waals surface area contributed by atoms with Gasteiger partial charge in [-0.2, -0.15) is 4.98 Å². The topological polar surface area (TPSA) is 69.0 Å². The second-order valence-corrected chi connectivity index (χ2v) is 6.68. The molecule has 7 heteroatoms. The quantitative estimate of drug-likeness (QED) is 0.527. The third-order valence-electron chi connectivity index (χ3n) is 4.50. The van der Waals surface area contributed by atoms with Gasteiger partial charge < -0.3 is 14.6 Å². The van der Waals surface area contributed by atoms with Crippen molar-refractivity contribution in [2.45, 2.75) is 13.3 Å². The Bertz CT molecular complexity index is 1190. The summed E-state index contributed by atoms with van der Waals surface area (Å²) in [6.07, 6.45) is 4.07. The van der Waals surface area contributed by atoms with Crippen molar-refractivity contribution in [2.24, 2.45) is 0 Å². The molecule has 4 rings (SSSR count). The van der Waals surface area contributed by atoms with Gasteiger partial charge in [0.1, 0.15) is 11.4 Å². The van der Waals surface area contributed by atoms with Crippen LogP contribution in [0.1, 0.15) is 12.5 Å². The van der Waals surface area contributed by atoms with Gasteiger partial charge in [-0.25, -0.2) is 9.37 Å². The zero-order valence-corrected chi connectivity index (χ0v) is 16.0. The monoisotopic (exact) mass is 390 g/mol. The SMILES string of the molecule is COc1cc(Nc2ncc3ccn(-c4ccc(CC(C)=O)cc4)c3n2)ccc1F. The second kappa shape index (κ2) is 7.71. The summed E-state index contributed by atoms with van der Waals surface area (Å²) >= 11 is 0. The number of nitrogens with one attached hydrogen (secondary N) is 1. The Morgan fingerprint density at radius 1 is 1.17 bits per heavy atom. The zero-order valence-electron chi connectivity index (χ0n) is 16.0. The summed E-state index contributed by atoms with van der Waals surface area (Å²) in [5, 5.41) is 3.97. The number of anilines is 2. The van der Waals surface area contributed by atoms with Crippen molar-refractivity contribution in [3.8, 4) is 11.4 Å². The van der Waals surface area contributed by atoms with Crippen LogP contribution in [0.25, 0.3) is 16.7 Å². The molecule has 2 heterocycles. The highest BCUT2D eigenvalue weighted by atomic mass is 19.1. The summed E-state index contributed by atoms with van der Waals surface area (Å²) in [5.74, 6) is 0.228. The fraction of sp³-hybridized carbons (Fsp3) is 0.136. The summed E-state index contributed by atoms with van der Waals surface area (Å²) in [5.41, 5.74) is 3.26. The van der Waals surface area contributed by atoms with Crippen LogP contribution in [0.2, 0.25) is 0 Å². The molecule has 0 saturated heterocycles. The Morgan fingerprint density at radius 3 is 2.69 bits per heavy atom. The number of hydrogen-bond acceptors (Lipinski definition) is 5. The first-order chi connectivity index (χ1) is 14.0. The smallest absolute Gasteiger partial charge is 0.229 e. The molecule has 1 N–H and O–H groups in total. The van der Waals surface area contributed by atoms with Crippen LogP contribution in [0.3, 0.4) is 0 Å². The van der Waals surface area contributed by atoms with Crippen LogP contribution in [0.5, 0.6) is 5.75 Å². The third kappa shape index (κ3) is 3.94. The maximum absolute atomic E-state index is 13.6. The van der Waals surface area contributed by atoms with Crippen LogP contribution < -0.4 is 10.1 Å². The van der Waals surface area contributed by atoms with E-state index in [4.69, 9.17) is 4.74 Å². The lowest BCUT2D eigenvalue weighted by Gasteiger charge is -2.09. The molecular weight excluding hydrogens is 371 g/mol. The highest BCUT2D eigenvalue weighted by Crippen LogP contribution is 2.25. The van der Waals surface area contributed by atoms with E-state index in [0.29, 0.717) is 18.1 Å². The predicted molar refractivity (Wildman–Crippen MR) is 109 cm³/mol. The normalized spacial score (nSPS) is 10.9. The molecule has 0 unspecified atom stereocenters. The molecule has 2 aromatic heterocycles. The summed E-state index contributed by atoms with van der Waals surface area (Å²) in [6, 6.07) is 14.2. The number of halogens is 1. The van der Waals surface area contributed by atoms with E-state index in [-0.39, 0.29) is 11.5 Å². The van der Waals surface area contributed by atoms with Gasteiger partial charge in [-0.1, -0.05) is 12.1 Å². The number of carbonyl (C=O) groups excluding carboxylic acids is 1. The molecule has 2 aromatic carbocycles. The van der Waals surface area contributed by atoms with Gasteiger partial charge in [0.25, 0.3) is 0 Å². The van der Waals surface area contributed by atoms with E-state index in [1.165, 1.54) is 13.2 Å². The van der Waals surface area contributed by atoms with Crippen molar-refractivity contribution < 1.29 is 13.9 Å². The van der Waals surface area contributed by atoms with Crippen molar-refractivity contribution in [1.82, 2.24) is 14.5 Å². The van der Waals surface area contributed by atoms with Crippen molar-refractivity contribution >= 4 is 28.5 Å². The number of fused-ring (bicyclic) bond motifs is 1. The van der Waals surface area contributed by atoms with Crippen molar-refractivity contribution in [3.05, 3.63) is 72.3 Å². The lowest BCUT2D eigenvalue weighted by Crippen LogP contribution is -2.01. The van der Waals surface area contributed by atoms with Gasteiger partial charge in [-0.15, -0.1) is 0 Å². The molecule has 0 amide bonds. The summed E-state index contributed by atoms with van der Waals surface area (Å²) < 4.78 is 20.6. The number of benzene rings is 2. The van der Waals surface area contributed by atoms with Crippen molar-refractivity contribution in [1.29, 1.82) is 0 Å². The minimum absolute atomic E-state index is 0.130. The van der Waals surface area contributed by atoms with Gasteiger partial charge in [0.05, 0.1) is 7.11 Å². The number of nitrogens with zero attached hydrogens (tertiary/aromatic N) is 3. The number of hydrogen-bond donors (Lipinski definition) is 1. The standard InChI is InChI=1S/C22H19FN4O2/c1-14(28)11-15-3-6-18(7-4-15)27-10-9-16-13-24-22(26-21(16)27)25-17-5-8-19(23)20(12-17)29-2/h3-10,12-13H,11H2,1-2H3,(H,24,25,26). The summed E-state index contributed by atoms with van der Waals surface area (Å²) in [7, 11) is 1.42. The maximum atomic E-state index is 13.6. The van der Waals surface area contributed by atoms with Crippen LogP contribution in [0.4, 0.5) is 16.0 Å². The van der Waals surface area contributed by atoms with Gasteiger partial charge in [0, 0.05) is 41.6 Å². The fourth-order valence-corrected chi connectivity index (χ4v) is 3.12. The molecule has 0 bridgehead atoms. The molecular formula is C22H19FN4O2. The van der Waals surface area contributed by atoms with Crippen LogP contribution in [0, 0.1) is 5.82 Å². The maximum Gasteiger partial charge on any atom is 0.229 e. The van der Waals surface area contributed by atoms with Gasteiger partial charge in [0.15, 0.2) is 11.6 Å². The highest BCUT2D eigenvalue weighted by Gasteiger charge is 2.09. The van der Waals surface area contributed by atoms with Gasteiger partial charge >= 0.3 is 0 Å². The van der Waals surface area contributed by atoms with E-state index in [9.17, 15) is 9.18 Å². The van der Waals surface area contributed by atoms with E-state index >= 15 is 0 Å². The number of rotatable bonds is 6. The van der Waals surface area contributed by atoms with Gasteiger partial charge in [-0.3, -0.25) is 4.79 Å². The lowest BCUT2D eigenvalue weighted by molar-refractivity contribution is -0.116. The van der Waals surface area contributed by atoms with E-state index in [1.807, 2.05) is 41.1 Å². The first kappa shape index (κ1) is 18.6. The molecule has 0 atom stereocenters. The molecule has 0 aliphatic rings. The Labute approximate surface area is 167 Å². The van der Waals surface area contributed by atoms with E-state index in [1.54, 1.807) is 25.3 Å². The minimum atomic E-state index is -0.434. The molecule has 6 nitrogen and oxygen atoms in total. The number of methoxy groups -OCH3 is 1. The van der Waals surface area contributed by atoms with E-state index < -0.39 is 5.82 Å². The number of carbonyl (C=O) groups is 1. The number of ketones is 1. The molecule has 0 aliphatic heterocycles. The molecule has 0 fully saturated rings. The van der Waals surface area contributed by atoms with E-state index in [2.05, 4.69) is 15.3 Å². The first-order valence-corrected chi connectivity index (χ1v) is 9.07. The highest BCUT2D eigenvalue weighted by molar-refractivity contribution is 5.79. The molecule has 29 heavy (non-hydrogen) atoms. The van der Waals surface area contributed by atoms with Crippen LogP contribution in [-0.2, 0) is 11.2 Å². The van der Waals surface area contributed by atoms with Crippen molar-refractivity contribution in [2.75, 3.05) is 12.4 Å².